The molecule has 2 rings (SSSR count). The fourth-order valence-electron chi connectivity index (χ4n) is 2.86. The molecule has 7 nitrogen and oxygen atoms in total. The van der Waals surface area contributed by atoms with Gasteiger partial charge >= 0.3 is 0 Å². The van der Waals surface area contributed by atoms with Crippen LogP contribution in [0.15, 0.2) is 23.1 Å². The number of benzene rings is 1. The molecule has 25 heavy (non-hydrogen) atoms. The Morgan fingerprint density at radius 3 is 2.52 bits per heavy atom. The molecule has 1 aromatic rings. The summed E-state index contributed by atoms with van der Waals surface area (Å²) in [7, 11) is -2.16. The summed E-state index contributed by atoms with van der Waals surface area (Å²) in [4.78, 5) is 12.5. The molecule has 0 atom stereocenters. The van der Waals surface area contributed by atoms with Crippen LogP contribution in [0.5, 0.6) is 5.75 Å². The van der Waals surface area contributed by atoms with Crippen molar-refractivity contribution >= 4 is 15.9 Å². The Morgan fingerprint density at radius 2 is 1.92 bits per heavy atom. The Bertz CT molecular complexity index is 683. The highest BCUT2D eigenvalue weighted by Crippen LogP contribution is 2.26. The third kappa shape index (κ3) is 4.93. The van der Waals surface area contributed by atoms with Gasteiger partial charge in [0.15, 0.2) is 0 Å². The van der Waals surface area contributed by atoms with E-state index in [0.29, 0.717) is 38.3 Å². The number of hydrogen-bond donors (Lipinski definition) is 2. The summed E-state index contributed by atoms with van der Waals surface area (Å²) in [6.07, 6.45) is 4.47. The van der Waals surface area contributed by atoms with E-state index in [1.807, 2.05) is 0 Å². The fraction of sp³-hybridized carbons (Fsp3) is 0.588. The van der Waals surface area contributed by atoms with E-state index in [4.69, 9.17) is 10.5 Å². The van der Waals surface area contributed by atoms with E-state index in [2.05, 4.69) is 5.32 Å². The predicted octanol–water partition coefficient (Wildman–Crippen LogP) is 1.34. The average Bonchev–Trinajstić information content (AvgIpc) is 2.91. The van der Waals surface area contributed by atoms with Crippen LogP contribution in [0.2, 0.25) is 0 Å². The van der Waals surface area contributed by atoms with E-state index < -0.39 is 10.0 Å². The highest BCUT2D eigenvalue weighted by atomic mass is 32.2. The van der Waals surface area contributed by atoms with Crippen molar-refractivity contribution in [3.8, 4) is 5.75 Å². The van der Waals surface area contributed by atoms with E-state index >= 15 is 0 Å². The molecule has 8 heteroatoms. The minimum absolute atomic E-state index is 0.124. The van der Waals surface area contributed by atoms with Gasteiger partial charge in [-0.1, -0.05) is 12.8 Å². The molecular weight excluding hydrogens is 342 g/mol. The van der Waals surface area contributed by atoms with Crippen LogP contribution in [0.1, 0.15) is 42.5 Å². The van der Waals surface area contributed by atoms with Crippen LogP contribution in [0.25, 0.3) is 0 Å². The summed E-state index contributed by atoms with van der Waals surface area (Å²) in [6, 6.07) is 4.43. The van der Waals surface area contributed by atoms with Crippen LogP contribution in [0.4, 0.5) is 0 Å². The SMILES string of the molecule is COc1ccc(S(=O)(=O)N2CCCCCC2)cc1C(=O)NCCCN. The van der Waals surface area contributed by atoms with Crippen molar-refractivity contribution in [2.75, 3.05) is 33.3 Å². The van der Waals surface area contributed by atoms with Crippen LogP contribution in [0.3, 0.4) is 0 Å². The summed E-state index contributed by atoms with van der Waals surface area (Å²) < 4.78 is 32.5. The number of carbonyl (C=O) groups is 1. The number of nitrogens with zero attached hydrogens (tertiary/aromatic N) is 1. The molecule has 0 radical (unpaired) electrons. The maximum Gasteiger partial charge on any atom is 0.255 e. The number of hydrogen-bond acceptors (Lipinski definition) is 5. The molecule has 1 aromatic carbocycles. The molecular formula is C17H27N3O4S. The minimum Gasteiger partial charge on any atom is -0.496 e. The third-order valence-electron chi connectivity index (χ3n) is 4.28. The standard InChI is InChI=1S/C17H27N3O4S/c1-24-16-8-7-14(13-15(16)17(21)19-10-6-9-18)25(22,23)20-11-4-2-3-5-12-20/h7-8,13H,2-6,9-12,18H2,1H3,(H,19,21). The monoisotopic (exact) mass is 369 g/mol. The maximum atomic E-state index is 12.9. The number of methoxy groups -OCH3 is 1. The first-order valence-corrected chi connectivity index (χ1v) is 10.1. The van der Waals surface area contributed by atoms with Crippen LogP contribution >= 0.6 is 0 Å². The number of ether oxygens (including phenoxy) is 1. The van der Waals surface area contributed by atoms with Crippen molar-refractivity contribution in [1.82, 2.24) is 9.62 Å². The predicted molar refractivity (Wildman–Crippen MR) is 96.2 cm³/mol. The van der Waals surface area contributed by atoms with Crippen molar-refractivity contribution in [3.05, 3.63) is 23.8 Å². The number of amides is 1. The van der Waals surface area contributed by atoms with E-state index in [-0.39, 0.29) is 16.4 Å². The Kier molecular flexibility index (Phi) is 7.22. The van der Waals surface area contributed by atoms with Crippen LogP contribution < -0.4 is 15.8 Å². The van der Waals surface area contributed by atoms with E-state index in [0.717, 1.165) is 25.7 Å². The molecule has 1 aliphatic rings. The molecule has 1 fully saturated rings. The Balaban J connectivity index is 2.29. The van der Waals surface area contributed by atoms with Crippen molar-refractivity contribution in [2.45, 2.75) is 37.0 Å². The zero-order valence-corrected chi connectivity index (χ0v) is 15.5. The third-order valence-corrected chi connectivity index (χ3v) is 6.18. The highest BCUT2D eigenvalue weighted by Gasteiger charge is 2.27. The minimum atomic E-state index is -3.61. The molecule has 1 saturated heterocycles. The average molecular weight is 369 g/mol. The van der Waals surface area contributed by atoms with Gasteiger partial charge in [0.1, 0.15) is 5.75 Å². The summed E-state index contributed by atoms with van der Waals surface area (Å²) in [5, 5.41) is 2.74. The lowest BCUT2D eigenvalue weighted by atomic mass is 10.2. The zero-order valence-electron chi connectivity index (χ0n) is 14.7. The number of rotatable bonds is 7. The van der Waals surface area contributed by atoms with Gasteiger partial charge in [0, 0.05) is 19.6 Å². The second-order valence-electron chi connectivity index (χ2n) is 6.08. The molecule has 0 aliphatic carbocycles. The summed E-state index contributed by atoms with van der Waals surface area (Å²) in [5.41, 5.74) is 5.64. The summed E-state index contributed by atoms with van der Waals surface area (Å²) >= 11 is 0. The van der Waals surface area contributed by atoms with Crippen molar-refractivity contribution in [2.24, 2.45) is 5.73 Å². The molecule has 1 heterocycles. The first kappa shape index (κ1) is 19.7. The van der Waals surface area contributed by atoms with E-state index in [1.54, 1.807) is 0 Å². The van der Waals surface area contributed by atoms with Gasteiger partial charge in [-0.3, -0.25) is 4.79 Å². The van der Waals surface area contributed by atoms with E-state index in [9.17, 15) is 13.2 Å². The Hall–Kier alpha value is -1.64. The normalized spacial score (nSPS) is 16.2. The molecule has 0 spiro atoms. The van der Waals surface area contributed by atoms with Crippen molar-refractivity contribution < 1.29 is 17.9 Å². The first-order chi connectivity index (χ1) is 12.0. The number of sulfonamides is 1. The molecule has 0 aromatic heterocycles. The largest absolute Gasteiger partial charge is 0.496 e. The number of nitrogens with one attached hydrogen (secondary N) is 1. The van der Waals surface area contributed by atoms with Gasteiger partial charge < -0.3 is 15.8 Å². The molecule has 1 aliphatic heterocycles. The van der Waals surface area contributed by atoms with Gasteiger partial charge in [-0.25, -0.2) is 8.42 Å². The molecule has 0 unspecified atom stereocenters. The topological polar surface area (TPSA) is 102 Å². The van der Waals surface area contributed by atoms with Gasteiger partial charge in [0.2, 0.25) is 10.0 Å². The molecule has 0 saturated carbocycles. The lowest BCUT2D eigenvalue weighted by Crippen LogP contribution is -2.32. The van der Waals surface area contributed by atoms with Crippen molar-refractivity contribution in [1.29, 1.82) is 0 Å². The van der Waals surface area contributed by atoms with Gasteiger partial charge in [0.25, 0.3) is 5.91 Å². The first-order valence-electron chi connectivity index (χ1n) is 8.67. The van der Waals surface area contributed by atoms with Gasteiger partial charge in [0.05, 0.1) is 17.6 Å². The molecule has 140 valence electrons. The van der Waals surface area contributed by atoms with Crippen LogP contribution in [-0.2, 0) is 10.0 Å². The van der Waals surface area contributed by atoms with Gasteiger partial charge in [-0.2, -0.15) is 4.31 Å². The van der Waals surface area contributed by atoms with Gasteiger partial charge in [-0.05, 0) is 44.0 Å². The smallest absolute Gasteiger partial charge is 0.255 e. The van der Waals surface area contributed by atoms with Gasteiger partial charge in [-0.15, -0.1) is 0 Å². The van der Waals surface area contributed by atoms with Crippen molar-refractivity contribution in [3.63, 3.8) is 0 Å². The fourth-order valence-corrected chi connectivity index (χ4v) is 4.40. The quantitative estimate of drug-likeness (QED) is 0.706. The van der Waals surface area contributed by atoms with Crippen LogP contribution in [0, 0.1) is 0 Å². The Morgan fingerprint density at radius 1 is 1.24 bits per heavy atom. The Labute approximate surface area is 149 Å². The molecule has 1 amide bonds. The van der Waals surface area contributed by atoms with Crippen LogP contribution in [-0.4, -0.2) is 51.9 Å². The lowest BCUT2D eigenvalue weighted by molar-refractivity contribution is 0.0950. The summed E-state index contributed by atoms with van der Waals surface area (Å²) in [6.45, 7) is 1.95. The zero-order chi connectivity index (χ0) is 18.3. The lowest BCUT2D eigenvalue weighted by Gasteiger charge is -2.20. The highest BCUT2D eigenvalue weighted by molar-refractivity contribution is 7.89. The molecule has 0 bridgehead atoms. The van der Waals surface area contributed by atoms with E-state index in [1.165, 1.54) is 29.6 Å². The maximum absolute atomic E-state index is 12.9. The number of nitrogens with two attached hydrogens (primary N) is 1. The second kappa shape index (κ2) is 9.17. The summed E-state index contributed by atoms with van der Waals surface area (Å²) in [5.74, 6) is -0.0155. The molecule has 3 N–H and O–H groups in total. The number of carbonyl (C=O) groups excluding carboxylic acids is 1. The second-order valence-corrected chi connectivity index (χ2v) is 8.02.